The van der Waals surface area contributed by atoms with Crippen molar-refractivity contribution in [2.75, 3.05) is 18.1 Å². The number of hydrogen-bond donors (Lipinski definition) is 1. The molecule has 0 aromatic rings. The Hall–Kier alpha value is 0.660. The predicted molar refractivity (Wildman–Crippen MR) is 82.4 cm³/mol. The normalized spacial score (nSPS) is 24.4. The van der Waals surface area contributed by atoms with E-state index < -0.39 is 0 Å². The lowest BCUT2D eigenvalue weighted by Crippen LogP contribution is -2.13. The molecule has 2 unspecified atom stereocenters. The second-order valence-electron chi connectivity index (χ2n) is 4.97. The van der Waals surface area contributed by atoms with Crippen molar-refractivity contribution in [2.45, 2.75) is 69.6 Å². The molecule has 17 heavy (non-hydrogen) atoms. The molecule has 1 rings (SSSR count). The van der Waals surface area contributed by atoms with Gasteiger partial charge in [-0.2, -0.15) is 24.4 Å². The highest BCUT2D eigenvalue weighted by molar-refractivity contribution is 7.99. The van der Waals surface area contributed by atoms with Crippen LogP contribution in [0.3, 0.4) is 0 Å². The minimum Gasteiger partial charge on any atom is -0.377 e. The zero-order valence-electron chi connectivity index (χ0n) is 11.2. The van der Waals surface area contributed by atoms with Crippen molar-refractivity contribution in [2.24, 2.45) is 0 Å². The van der Waals surface area contributed by atoms with Gasteiger partial charge in [0, 0.05) is 11.9 Å². The number of thioether (sulfide) groups is 1. The van der Waals surface area contributed by atoms with E-state index in [9.17, 15) is 0 Å². The molecular weight excluding hydrogens is 248 g/mol. The van der Waals surface area contributed by atoms with Crippen molar-refractivity contribution >= 4 is 24.4 Å². The summed E-state index contributed by atoms with van der Waals surface area (Å²) >= 11 is 6.36. The minimum atomic E-state index is 0.487. The molecule has 1 aliphatic rings. The highest BCUT2D eigenvalue weighted by Gasteiger charge is 2.23. The molecule has 1 heterocycles. The van der Waals surface area contributed by atoms with Gasteiger partial charge in [-0.15, -0.1) is 0 Å². The highest BCUT2D eigenvalue weighted by Crippen LogP contribution is 2.27. The van der Waals surface area contributed by atoms with Gasteiger partial charge in [0.2, 0.25) is 0 Å². The Kier molecular flexibility index (Phi) is 9.77. The van der Waals surface area contributed by atoms with Crippen molar-refractivity contribution in [3.8, 4) is 0 Å². The topological polar surface area (TPSA) is 9.23 Å². The molecule has 0 aromatic heterocycles. The van der Waals surface area contributed by atoms with Crippen LogP contribution >= 0.6 is 24.4 Å². The molecule has 0 N–H and O–H groups in total. The molecule has 0 bridgehead atoms. The van der Waals surface area contributed by atoms with E-state index in [0.29, 0.717) is 6.10 Å². The van der Waals surface area contributed by atoms with E-state index in [-0.39, 0.29) is 0 Å². The lowest BCUT2D eigenvalue weighted by Gasteiger charge is -2.12. The van der Waals surface area contributed by atoms with Crippen LogP contribution in [0.5, 0.6) is 0 Å². The van der Waals surface area contributed by atoms with Crippen molar-refractivity contribution in [3.63, 3.8) is 0 Å². The maximum absolute atomic E-state index is 5.57. The van der Waals surface area contributed by atoms with E-state index >= 15 is 0 Å². The maximum atomic E-state index is 5.57. The SMILES string of the molecule is CC1OCCC1SCCCCCCCCCS. The maximum Gasteiger partial charge on any atom is 0.0666 e. The Labute approximate surface area is 117 Å². The smallest absolute Gasteiger partial charge is 0.0666 e. The van der Waals surface area contributed by atoms with Crippen molar-refractivity contribution in [1.82, 2.24) is 0 Å². The third kappa shape index (κ3) is 7.63. The quantitative estimate of drug-likeness (QED) is 0.463. The first-order chi connectivity index (χ1) is 8.34. The van der Waals surface area contributed by atoms with E-state index in [1.807, 2.05) is 0 Å². The van der Waals surface area contributed by atoms with E-state index in [2.05, 4.69) is 31.3 Å². The lowest BCUT2D eigenvalue weighted by molar-refractivity contribution is 0.127. The summed E-state index contributed by atoms with van der Waals surface area (Å²) in [6.45, 7) is 3.19. The molecule has 0 aromatic carbocycles. The summed E-state index contributed by atoms with van der Waals surface area (Å²) in [5.74, 6) is 2.38. The first kappa shape index (κ1) is 15.7. The number of rotatable bonds is 10. The Balaban J connectivity index is 1.78. The fourth-order valence-electron chi connectivity index (χ4n) is 2.26. The number of ether oxygens (including phenoxy) is 1. The van der Waals surface area contributed by atoms with Gasteiger partial charge in [0.25, 0.3) is 0 Å². The second-order valence-corrected chi connectivity index (χ2v) is 6.77. The zero-order valence-corrected chi connectivity index (χ0v) is 12.9. The molecule has 0 aliphatic carbocycles. The van der Waals surface area contributed by atoms with Crippen LogP contribution in [-0.4, -0.2) is 29.5 Å². The standard InChI is InChI=1S/C14H28OS2/c1-13-14(9-10-15-13)17-12-8-6-4-2-3-5-7-11-16/h13-14,16H,2-12H2,1H3. The van der Waals surface area contributed by atoms with Gasteiger partial charge in [0.15, 0.2) is 0 Å². The van der Waals surface area contributed by atoms with Crippen LogP contribution < -0.4 is 0 Å². The molecule has 0 saturated carbocycles. The summed E-state index contributed by atoms with van der Waals surface area (Å²) in [7, 11) is 0. The fourth-order valence-corrected chi connectivity index (χ4v) is 3.77. The van der Waals surface area contributed by atoms with Crippen LogP contribution in [0, 0.1) is 0 Å². The Morgan fingerprint density at radius 3 is 2.29 bits per heavy atom. The zero-order chi connectivity index (χ0) is 12.3. The third-order valence-corrected chi connectivity index (χ3v) is 5.33. The van der Waals surface area contributed by atoms with Gasteiger partial charge in [-0.25, -0.2) is 0 Å². The van der Waals surface area contributed by atoms with E-state index in [1.165, 1.54) is 57.1 Å². The molecule has 1 saturated heterocycles. The Morgan fingerprint density at radius 2 is 1.71 bits per heavy atom. The molecule has 2 atom stereocenters. The number of unbranched alkanes of at least 4 members (excludes halogenated alkanes) is 6. The Morgan fingerprint density at radius 1 is 1.06 bits per heavy atom. The average molecular weight is 277 g/mol. The molecule has 0 spiro atoms. The lowest BCUT2D eigenvalue weighted by atomic mass is 10.1. The fraction of sp³-hybridized carbons (Fsp3) is 1.00. The van der Waals surface area contributed by atoms with Gasteiger partial charge in [0.05, 0.1) is 6.10 Å². The van der Waals surface area contributed by atoms with Gasteiger partial charge in [-0.1, -0.05) is 32.1 Å². The first-order valence-corrected chi connectivity index (χ1v) is 8.87. The average Bonchev–Trinajstić information content (AvgIpc) is 2.73. The largest absolute Gasteiger partial charge is 0.377 e. The molecule has 102 valence electrons. The van der Waals surface area contributed by atoms with Crippen molar-refractivity contribution in [3.05, 3.63) is 0 Å². The Bertz CT molecular complexity index is 176. The van der Waals surface area contributed by atoms with Gasteiger partial charge in [-0.3, -0.25) is 0 Å². The van der Waals surface area contributed by atoms with Crippen LogP contribution in [0.4, 0.5) is 0 Å². The van der Waals surface area contributed by atoms with Crippen LogP contribution in [-0.2, 0) is 4.74 Å². The molecule has 1 nitrogen and oxygen atoms in total. The summed E-state index contributed by atoms with van der Waals surface area (Å²) in [5, 5.41) is 0.769. The van der Waals surface area contributed by atoms with Crippen LogP contribution in [0.25, 0.3) is 0 Å². The summed E-state index contributed by atoms with van der Waals surface area (Å²) in [4.78, 5) is 0. The third-order valence-electron chi connectivity index (χ3n) is 3.44. The molecule has 0 radical (unpaired) electrons. The monoisotopic (exact) mass is 276 g/mol. The van der Waals surface area contributed by atoms with Crippen LogP contribution in [0.15, 0.2) is 0 Å². The van der Waals surface area contributed by atoms with Gasteiger partial charge >= 0.3 is 0 Å². The van der Waals surface area contributed by atoms with Crippen molar-refractivity contribution < 1.29 is 4.74 Å². The van der Waals surface area contributed by atoms with Gasteiger partial charge in [-0.05, 0) is 37.7 Å². The second kappa shape index (κ2) is 10.6. The first-order valence-electron chi connectivity index (χ1n) is 7.18. The summed E-state index contributed by atoms with van der Waals surface area (Å²) in [6.07, 6.45) is 11.5. The van der Waals surface area contributed by atoms with Crippen LogP contribution in [0.2, 0.25) is 0 Å². The summed E-state index contributed by atoms with van der Waals surface area (Å²) in [6, 6.07) is 0. The number of hydrogen-bond acceptors (Lipinski definition) is 3. The van der Waals surface area contributed by atoms with E-state index in [1.54, 1.807) is 0 Å². The van der Waals surface area contributed by atoms with Crippen molar-refractivity contribution in [1.29, 1.82) is 0 Å². The highest BCUT2D eigenvalue weighted by atomic mass is 32.2. The van der Waals surface area contributed by atoms with E-state index in [4.69, 9.17) is 4.74 Å². The molecular formula is C14H28OS2. The molecule has 3 heteroatoms. The van der Waals surface area contributed by atoms with Crippen LogP contribution in [0.1, 0.15) is 58.3 Å². The van der Waals surface area contributed by atoms with E-state index in [0.717, 1.165) is 17.6 Å². The van der Waals surface area contributed by atoms with Gasteiger partial charge < -0.3 is 4.74 Å². The minimum absolute atomic E-state index is 0.487. The van der Waals surface area contributed by atoms with Gasteiger partial charge in [0.1, 0.15) is 0 Å². The summed E-state index contributed by atoms with van der Waals surface area (Å²) < 4.78 is 5.57. The number of thiol groups is 1. The molecule has 1 fully saturated rings. The predicted octanol–water partition coefficient (Wildman–Crippen LogP) is 4.56. The summed E-state index contributed by atoms with van der Waals surface area (Å²) in [5.41, 5.74) is 0. The molecule has 0 amide bonds. The molecule has 1 aliphatic heterocycles.